The molecule has 0 unspecified atom stereocenters. The van der Waals surface area contributed by atoms with E-state index in [1.54, 1.807) is 7.11 Å². The van der Waals surface area contributed by atoms with Crippen LogP contribution in [0, 0.1) is 11.3 Å². The fourth-order valence-corrected chi connectivity index (χ4v) is 3.20. The summed E-state index contributed by atoms with van der Waals surface area (Å²) in [6.07, 6.45) is 0.765. The highest BCUT2D eigenvalue weighted by atomic mass is 16.5. The predicted octanol–water partition coefficient (Wildman–Crippen LogP) is 4.56. The summed E-state index contributed by atoms with van der Waals surface area (Å²) in [6.45, 7) is 0. The molecule has 0 aliphatic heterocycles. The van der Waals surface area contributed by atoms with Crippen LogP contribution < -0.4 is 4.74 Å². The highest BCUT2D eigenvalue weighted by Crippen LogP contribution is 2.25. The van der Waals surface area contributed by atoms with Gasteiger partial charge in [0.05, 0.1) is 23.7 Å². The molecular formula is C21H16N2O. The molecule has 116 valence electrons. The number of hydrogen-bond acceptors (Lipinski definition) is 2. The van der Waals surface area contributed by atoms with Crippen LogP contribution in [0.1, 0.15) is 16.8 Å². The summed E-state index contributed by atoms with van der Waals surface area (Å²) >= 11 is 0. The lowest BCUT2D eigenvalue weighted by Gasteiger charge is -2.08. The first-order valence-corrected chi connectivity index (χ1v) is 7.85. The minimum atomic E-state index is 0.712. The summed E-state index contributed by atoms with van der Waals surface area (Å²) in [5, 5.41) is 10.6. The van der Waals surface area contributed by atoms with Crippen LogP contribution in [0.25, 0.3) is 16.4 Å². The molecule has 0 aliphatic carbocycles. The van der Waals surface area contributed by atoms with E-state index >= 15 is 0 Å². The van der Waals surface area contributed by atoms with Crippen LogP contribution in [-0.4, -0.2) is 11.5 Å². The molecule has 0 fully saturated rings. The van der Waals surface area contributed by atoms with E-state index in [-0.39, 0.29) is 0 Å². The SMILES string of the molecule is COc1ccc(Cc2cc(C#N)c3ccc4ccccc4n23)cc1. The number of benzene rings is 2. The number of ether oxygens (including phenoxy) is 1. The third-order valence-electron chi connectivity index (χ3n) is 4.38. The zero-order valence-electron chi connectivity index (χ0n) is 13.4. The summed E-state index contributed by atoms with van der Waals surface area (Å²) in [6, 6.07) is 24.7. The van der Waals surface area contributed by atoms with Crippen LogP contribution in [0.4, 0.5) is 0 Å². The summed E-state index contributed by atoms with van der Waals surface area (Å²) in [7, 11) is 1.67. The lowest BCUT2D eigenvalue weighted by atomic mass is 10.1. The van der Waals surface area contributed by atoms with Crippen molar-refractivity contribution in [2.75, 3.05) is 7.11 Å². The van der Waals surface area contributed by atoms with Crippen LogP contribution in [0.15, 0.2) is 66.7 Å². The van der Waals surface area contributed by atoms with Gasteiger partial charge in [0.25, 0.3) is 0 Å². The third kappa shape index (κ3) is 2.29. The van der Waals surface area contributed by atoms with E-state index in [2.05, 4.69) is 40.8 Å². The molecule has 3 nitrogen and oxygen atoms in total. The quantitative estimate of drug-likeness (QED) is 0.556. The molecule has 3 heteroatoms. The van der Waals surface area contributed by atoms with Gasteiger partial charge in [-0.15, -0.1) is 0 Å². The highest BCUT2D eigenvalue weighted by molar-refractivity contribution is 5.85. The largest absolute Gasteiger partial charge is 0.497 e. The zero-order valence-corrected chi connectivity index (χ0v) is 13.4. The number of nitrogens with zero attached hydrogens (tertiary/aromatic N) is 2. The van der Waals surface area contributed by atoms with Crippen molar-refractivity contribution in [3.63, 3.8) is 0 Å². The maximum Gasteiger partial charge on any atom is 0.118 e. The molecule has 0 radical (unpaired) electrons. The van der Waals surface area contributed by atoms with Crippen molar-refractivity contribution < 1.29 is 4.74 Å². The maximum atomic E-state index is 9.48. The van der Waals surface area contributed by atoms with E-state index in [1.165, 1.54) is 10.9 Å². The minimum absolute atomic E-state index is 0.712. The van der Waals surface area contributed by atoms with E-state index in [1.807, 2.05) is 36.4 Å². The summed E-state index contributed by atoms with van der Waals surface area (Å²) in [4.78, 5) is 0. The molecule has 2 aromatic heterocycles. The van der Waals surface area contributed by atoms with E-state index in [4.69, 9.17) is 4.74 Å². The number of aromatic nitrogens is 1. The van der Waals surface area contributed by atoms with E-state index in [0.29, 0.717) is 5.56 Å². The van der Waals surface area contributed by atoms with Crippen molar-refractivity contribution in [1.29, 1.82) is 5.26 Å². The lowest BCUT2D eigenvalue weighted by molar-refractivity contribution is 0.414. The Morgan fingerprint density at radius 1 is 0.958 bits per heavy atom. The van der Waals surface area contributed by atoms with Gasteiger partial charge in [-0.05, 0) is 41.3 Å². The normalized spacial score (nSPS) is 10.8. The van der Waals surface area contributed by atoms with Crippen LogP contribution in [0.3, 0.4) is 0 Å². The third-order valence-corrected chi connectivity index (χ3v) is 4.38. The molecule has 0 saturated carbocycles. The molecule has 2 aromatic carbocycles. The topological polar surface area (TPSA) is 37.4 Å². The number of fused-ring (bicyclic) bond motifs is 3. The van der Waals surface area contributed by atoms with E-state index < -0.39 is 0 Å². The molecule has 0 amide bonds. The van der Waals surface area contributed by atoms with Gasteiger partial charge in [-0.1, -0.05) is 36.4 Å². The number of para-hydroxylation sites is 1. The van der Waals surface area contributed by atoms with Gasteiger partial charge in [0.2, 0.25) is 0 Å². The molecule has 0 aliphatic rings. The van der Waals surface area contributed by atoms with Gasteiger partial charge in [0.1, 0.15) is 11.8 Å². The standard InChI is InChI=1S/C21H16N2O/c1-24-19-9-6-15(7-10-19)12-18-13-17(14-22)21-11-8-16-4-2-3-5-20(16)23(18)21/h2-11,13H,12H2,1H3. The van der Waals surface area contributed by atoms with Gasteiger partial charge < -0.3 is 9.14 Å². The summed E-state index contributed by atoms with van der Waals surface area (Å²) in [5.74, 6) is 0.849. The van der Waals surface area contributed by atoms with Crippen molar-refractivity contribution >= 4 is 16.4 Å². The molecule has 24 heavy (non-hydrogen) atoms. The molecule has 2 heterocycles. The maximum absolute atomic E-state index is 9.48. The molecule has 0 bridgehead atoms. The monoisotopic (exact) mass is 312 g/mol. The first kappa shape index (κ1) is 14.3. The van der Waals surface area contributed by atoms with Gasteiger partial charge in [-0.2, -0.15) is 5.26 Å². The fourth-order valence-electron chi connectivity index (χ4n) is 3.20. The number of hydrogen-bond donors (Lipinski definition) is 0. The number of rotatable bonds is 3. The second kappa shape index (κ2) is 5.75. The molecule has 4 rings (SSSR count). The summed E-state index contributed by atoms with van der Waals surface area (Å²) in [5.41, 5.74) is 5.10. The van der Waals surface area contributed by atoms with Gasteiger partial charge in [-0.3, -0.25) is 0 Å². The minimum Gasteiger partial charge on any atom is -0.497 e. The van der Waals surface area contributed by atoms with Crippen molar-refractivity contribution in [2.24, 2.45) is 0 Å². The fraction of sp³-hybridized carbons (Fsp3) is 0.0952. The lowest BCUT2D eigenvalue weighted by Crippen LogP contribution is -1.96. The van der Waals surface area contributed by atoms with Gasteiger partial charge in [0.15, 0.2) is 0 Å². The number of methoxy groups -OCH3 is 1. The van der Waals surface area contributed by atoms with Crippen LogP contribution >= 0.6 is 0 Å². The number of nitriles is 1. The van der Waals surface area contributed by atoms with Crippen LogP contribution in [-0.2, 0) is 6.42 Å². The first-order valence-electron chi connectivity index (χ1n) is 7.85. The van der Waals surface area contributed by atoms with Gasteiger partial charge in [-0.25, -0.2) is 0 Å². The second-order valence-corrected chi connectivity index (χ2v) is 5.80. The van der Waals surface area contributed by atoms with Crippen molar-refractivity contribution in [2.45, 2.75) is 6.42 Å². The van der Waals surface area contributed by atoms with E-state index in [0.717, 1.165) is 28.9 Å². The smallest absolute Gasteiger partial charge is 0.118 e. The van der Waals surface area contributed by atoms with Gasteiger partial charge >= 0.3 is 0 Å². The zero-order chi connectivity index (χ0) is 16.5. The second-order valence-electron chi connectivity index (χ2n) is 5.80. The molecule has 0 saturated heterocycles. The van der Waals surface area contributed by atoms with Crippen molar-refractivity contribution in [3.8, 4) is 11.8 Å². The Morgan fingerprint density at radius 2 is 1.75 bits per heavy atom. The Hall–Kier alpha value is -3.25. The van der Waals surface area contributed by atoms with Gasteiger partial charge in [0, 0.05) is 12.1 Å². The Balaban J connectivity index is 1.90. The van der Waals surface area contributed by atoms with Crippen molar-refractivity contribution in [1.82, 2.24) is 4.40 Å². The average Bonchev–Trinajstić information content (AvgIpc) is 3.00. The first-order chi connectivity index (χ1) is 11.8. The highest BCUT2D eigenvalue weighted by Gasteiger charge is 2.12. The van der Waals surface area contributed by atoms with Crippen LogP contribution in [0.2, 0.25) is 0 Å². The Kier molecular flexibility index (Phi) is 3.44. The number of pyridine rings is 1. The van der Waals surface area contributed by atoms with Crippen molar-refractivity contribution in [3.05, 3.63) is 83.6 Å². The molecule has 0 atom stereocenters. The molecule has 0 N–H and O–H groups in total. The van der Waals surface area contributed by atoms with E-state index in [9.17, 15) is 5.26 Å². The molecule has 0 spiro atoms. The van der Waals surface area contributed by atoms with Crippen LogP contribution in [0.5, 0.6) is 5.75 Å². The predicted molar refractivity (Wildman–Crippen MR) is 95.4 cm³/mol. The molecular weight excluding hydrogens is 296 g/mol. The Morgan fingerprint density at radius 3 is 2.50 bits per heavy atom. The molecule has 4 aromatic rings. The Labute approximate surface area is 140 Å². The summed E-state index contributed by atoms with van der Waals surface area (Å²) < 4.78 is 7.41. The average molecular weight is 312 g/mol. The Bertz CT molecular complexity index is 1070.